The van der Waals surface area contributed by atoms with Crippen molar-refractivity contribution in [3.05, 3.63) is 28.2 Å². The average Bonchev–Trinajstić information content (AvgIpc) is 2.91. The van der Waals surface area contributed by atoms with Crippen LogP contribution in [0.3, 0.4) is 0 Å². The number of nitrogens with zero attached hydrogens (tertiary/aromatic N) is 1. The van der Waals surface area contributed by atoms with Crippen molar-refractivity contribution in [3.63, 3.8) is 0 Å². The molecule has 158 valence electrons. The van der Waals surface area contributed by atoms with Crippen molar-refractivity contribution >= 4 is 46.9 Å². The third-order valence-corrected chi connectivity index (χ3v) is 4.63. The van der Waals surface area contributed by atoms with Crippen LogP contribution in [0.4, 0.5) is 0 Å². The number of halogens is 2. The number of imide groups is 1. The molecule has 3 amide bonds. The molecule has 29 heavy (non-hydrogen) atoms. The first-order chi connectivity index (χ1) is 13.7. The van der Waals surface area contributed by atoms with Crippen LogP contribution in [0.1, 0.15) is 38.5 Å². The topological polar surface area (TPSA) is 119 Å². The van der Waals surface area contributed by atoms with Gasteiger partial charge in [0.05, 0.1) is 24.3 Å². The zero-order chi connectivity index (χ0) is 21.4. The molecule has 1 aromatic carbocycles. The molecule has 0 unspecified atom stereocenters. The SMILES string of the molecule is O=C(COc1ccc(Cl)cc1Cl)NCCCCCC(=O)O[N+]1(O)C(=O)CCC1=O. The van der Waals surface area contributed by atoms with Crippen LogP contribution in [0.2, 0.25) is 10.0 Å². The number of carbonyl (C=O) groups is 4. The number of ether oxygens (including phenoxy) is 1. The lowest BCUT2D eigenvalue weighted by molar-refractivity contribution is -1.12. The molecule has 0 bridgehead atoms. The van der Waals surface area contributed by atoms with E-state index in [-0.39, 0.29) is 31.8 Å². The van der Waals surface area contributed by atoms with Gasteiger partial charge in [-0.2, -0.15) is 5.21 Å². The summed E-state index contributed by atoms with van der Waals surface area (Å²) in [5.74, 6) is -2.52. The molecule has 0 aliphatic carbocycles. The molecule has 1 saturated heterocycles. The largest absolute Gasteiger partial charge is 0.482 e. The second kappa shape index (κ2) is 10.5. The molecular weight excluding hydrogens is 427 g/mol. The number of hydrogen-bond donors (Lipinski definition) is 2. The highest BCUT2D eigenvalue weighted by Gasteiger charge is 2.55. The van der Waals surface area contributed by atoms with Crippen LogP contribution in [-0.4, -0.2) is 46.9 Å². The van der Waals surface area contributed by atoms with E-state index in [0.717, 1.165) is 0 Å². The Balaban J connectivity index is 1.56. The average molecular weight is 448 g/mol. The minimum absolute atomic E-state index is 0.0623. The molecule has 9 nitrogen and oxygen atoms in total. The number of hydrogen-bond acceptors (Lipinski definition) is 7. The van der Waals surface area contributed by atoms with Crippen molar-refractivity contribution < 1.29 is 38.8 Å². The van der Waals surface area contributed by atoms with Gasteiger partial charge in [-0.05, 0) is 31.0 Å². The molecule has 1 aromatic rings. The van der Waals surface area contributed by atoms with Crippen molar-refractivity contribution in [3.8, 4) is 5.75 Å². The quantitative estimate of drug-likeness (QED) is 0.244. The van der Waals surface area contributed by atoms with E-state index in [9.17, 15) is 24.4 Å². The summed E-state index contributed by atoms with van der Waals surface area (Å²) in [5.41, 5.74) is 0. The molecule has 0 atom stereocenters. The van der Waals surface area contributed by atoms with Gasteiger partial charge in [0.1, 0.15) is 10.6 Å². The van der Waals surface area contributed by atoms with Gasteiger partial charge in [-0.1, -0.05) is 29.6 Å². The van der Waals surface area contributed by atoms with Crippen molar-refractivity contribution in [2.24, 2.45) is 0 Å². The second-order valence-corrected chi connectivity index (χ2v) is 7.19. The lowest BCUT2D eigenvalue weighted by Gasteiger charge is -2.15. The smallest absolute Gasteiger partial charge is 0.397 e. The summed E-state index contributed by atoms with van der Waals surface area (Å²) in [5, 5.41) is 13.2. The van der Waals surface area contributed by atoms with Gasteiger partial charge in [-0.3, -0.25) is 4.79 Å². The third kappa shape index (κ3) is 6.67. The van der Waals surface area contributed by atoms with Gasteiger partial charge in [-0.15, -0.1) is 0 Å². The molecular formula is C18H21Cl2N2O7+. The molecule has 1 aliphatic heterocycles. The number of nitrogens with one attached hydrogen (secondary N) is 1. The first kappa shape index (κ1) is 23.1. The van der Waals surface area contributed by atoms with Gasteiger partial charge < -0.3 is 10.1 Å². The normalized spacial score (nSPS) is 15.3. The first-order valence-electron chi connectivity index (χ1n) is 8.98. The summed E-state index contributed by atoms with van der Waals surface area (Å²) in [6.07, 6.45) is 1.22. The van der Waals surface area contributed by atoms with Gasteiger partial charge in [0.2, 0.25) is 0 Å². The maximum absolute atomic E-state index is 11.8. The van der Waals surface area contributed by atoms with Crippen LogP contribution in [0, 0.1) is 0 Å². The van der Waals surface area contributed by atoms with E-state index in [0.29, 0.717) is 41.6 Å². The fraction of sp³-hybridized carbons (Fsp3) is 0.444. The molecule has 1 aliphatic rings. The number of quaternary nitrogens is 1. The van der Waals surface area contributed by atoms with Crippen LogP contribution in [0.25, 0.3) is 0 Å². The molecule has 1 fully saturated rings. The number of amides is 3. The van der Waals surface area contributed by atoms with E-state index in [1.807, 2.05) is 0 Å². The number of carbonyl (C=O) groups excluding carboxylic acids is 4. The Hall–Kier alpha value is -2.20. The van der Waals surface area contributed by atoms with Crippen LogP contribution < -0.4 is 10.1 Å². The lowest BCUT2D eigenvalue weighted by Crippen LogP contribution is -2.50. The molecule has 0 radical (unpaired) electrons. The van der Waals surface area contributed by atoms with Gasteiger partial charge in [0.15, 0.2) is 6.61 Å². The minimum Gasteiger partial charge on any atom is -0.482 e. The van der Waals surface area contributed by atoms with E-state index < -0.39 is 22.6 Å². The Morgan fingerprint density at radius 2 is 1.79 bits per heavy atom. The van der Waals surface area contributed by atoms with Crippen LogP contribution in [0.15, 0.2) is 18.2 Å². The Morgan fingerprint density at radius 1 is 1.10 bits per heavy atom. The standard InChI is InChI=1S/C18H20Cl2N2O7/c19-12-5-6-14(13(20)10-12)28-11-15(23)21-9-3-1-2-4-18(26)29-22(27)16(24)7-8-17(22)25/h5-6,10,27H,1-4,7-9,11H2/p+1. The van der Waals surface area contributed by atoms with Crippen LogP contribution >= 0.6 is 23.2 Å². The summed E-state index contributed by atoms with van der Waals surface area (Å²) in [7, 11) is 0. The van der Waals surface area contributed by atoms with Crippen LogP contribution in [0.5, 0.6) is 5.75 Å². The summed E-state index contributed by atoms with van der Waals surface area (Å²) in [4.78, 5) is 49.1. The van der Waals surface area contributed by atoms with Crippen molar-refractivity contribution in [1.82, 2.24) is 5.32 Å². The zero-order valence-corrected chi connectivity index (χ0v) is 17.0. The van der Waals surface area contributed by atoms with Gasteiger partial charge in [0, 0.05) is 11.6 Å². The predicted molar refractivity (Wildman–Crippen MR) is 101 cm³/mol. The Bertz CT molecular complexity index is 784. The molecule has 2 rings (SSSR count). The highest BCUT2D eigenvalue weighted by Crippen LogP contribution is 2.27. The lowest BCUT2D eigenvalue weighted by atomic mass is 10.2. The Kier molecular flexibility index (Phi) is 8.39. The summed E-state index contributed by atoms with van der Waals surface area (Å²) < 4.78 is 5.31. The highest BCUT2D eigenvalue weighted by molar-refractivity contribution is 6.35. The molecule has 11 heteroatoms. The predicted octanol–water partition coefficient (Wildman–Crippen LogP) is 2.56. The molecule has 1 heterocycles. The maximum atomic E-state index is 11.8. The third-order valence-electron chi connectivity index (χ3n) is 4.10. The molecule has 0 spiro atoms. The fourth-order valence-corrected chi connectivity index (χ4v) is 3.00. The summed E-state index contributed by atoms with van der Waals surface area (Å²) >= 11 is 11.7. The van der Waals surface area contributed by atoms with Gasteiger partial charge in [-0.25, -0.2) is 19.2 Å². The number of unbranched alkanes of at least 4 members (excludes halogenated alkanes) is 2. The molecule has 2 N–H and O–H groups in total. The van der Waals surface area contributed by atoms with E-state index in [4.69, 9.17) is 27.9 Å². The summed E-state index contributed by atoms with van der Waals surface area (Å²) in [6.45, 7) is 0.175. The Morgan fingerprint density at radius 3 is 2.45 bits per heavy atom. The maximum Gasteiger partial charge on any atom is 0.397 e. The summed E-state index contributed by atoms with van der Waals surface area (Å²) in [6, 6.07) is 4.68. The zero-order valence-electron chi connectivity index (χ0n) is 15.5. The van der Waals surface area contributed by atoms with Crippen LogP contribution in [-0.2, 0) is 24.0 Å². The van der Waals surface area contributed by atoms with E-state index in [1.165, 1.54) is 6.07 Å². The number of hydroxylamine groups is 4. The van der Waals surface area contributed by atoms with Gasteiger partial charge >= 0.3 is 17.8 Å². The van der Waals surface area contributed by atoms with E-state index >= 15 is 0 Å². The fourth-order valence-electron chi connectivity index (χ4n) is 2.54. The van der Waals surface area contributed by atoms with Crippen molar-refractivity contribution in [2.45, 2.75) is 38.5 Å². The van der Waals surface area contributed by atoms with E-state index in [1.54, 1.807) is 12.1 Å². The molecule has 0 aromatic heterocycles. The molecule has 0 saturated carbocycles. The monoisotopic (exact) mass is 447 g/mol. The van der Waals surface area contributed by atoms with Gasteiger partial charge in [0.25, 0.3) is 5.91 Å². The number of benzene rings is 1. The van der Waals surface area contributed by atoms with E-state index in [2.05, 4.69) is 10.2 Å². The van der Waals surface area contributed by atoms with Crippen molar-refractivity contribution in [1.29, 1.82) is 0 Å². The first-order valence-corrected chi connectivity index (χ1v) is 9.73. The highest BCUT2D eigenvalue weighted by atomic mass is 35.5. The Labute approximate surface area is 177 Å². The van der Waals surface area contributed by atoms with Crippen molar-refractivity contribution in [2.75, 3.05) is 13.2 Å². The number of rotatable bonds is 10. The second-order valence-electron chi connectivity index (χ2n) is 6.35. The minimum atomic E-state index is -1.90.